The van der Waals surface area contributed by atoms with Gasteiger partial charge in [0, 0.05) is 16.6 Å². The molecule has 4 nitrogen and oxygen atoms in total. The first-order valence-electron chi connectivity index (χ1n) is 8.80. The SMILES string of the molecule is CC(=O)c1ccc(NC(=O)C(C)Sc2cc(C)c3cccc(C)c3n2)cc1. The van der Waals surface area contributed by atoms with E-state index in [1.165, 1.54) is 18.7 Å². The summed E-state index contributed by atoms with van der Waals surface area (Å²) in [4.78, 5) is 28.6. The van der Waals surface area contributed by atoms with E-state index in [4.69, 9.17) is 4.98 Å². The number of amides is 1. The smallest absolute Gasteiger partial charge is 0.237 e. The van der Waals surface area contributed by atoms with Gasteiger partial charge in [-0.05, 0) is 69.2 Å². The highest BCUT2D eigenvalue weighted by Gasteiger charge is 2.16. The van der Waals surface area contributed by atoms with Crippen molar-refractivity contribution in [2.75, 3.05) is 5.32 Å². The van der Waals surface area contributed by atoms with E-state index in [0.29, 0.717) is 11.3 Å². The molecule has 0 bridgehead atoms. The molecule has 5 heteroatoms. The van der Waals surface area contributed by atoms with Crippen molar-refractivity contribution in [2.24, 2.45) is 0 Å². The van der Waals surface area contributed by atoms with Crippen molar-refractivity contribution in [1.29, 1.82) is 0 Å². The van der Waals surface area contributed by atoms with Crippen LogP contribution in [0.25, 0.3) is 10.9 Å². The van der Waals surface area contributed by atoms with Gasteiger partial charge in [0.2, 0.25) is 5.91 Å². The Labute approximate surface area is 163 Å². The zero-order chi connectivity index (χ0) is 19.6. The van der Waals surface area contributed by atoms with E-state index in [1.807, 2.05) is 32.0 Å². The molecular formula is C22H22N2O2S. The number of hydrogen-bond acceptors (Lipinski definition) is 4. The number of para-hydroxylation sites is 1. The predicted octanol–water partition coefficient (Wildman–Crippen LogP) is 5.17. The van der Waals surface area contributed by atoms with Crippen LogP contribution in [0.4, 0.5) is 5.69 Å². The van der Waals surface area contributed by atoms with Gasteiger partial charge in [0.15, 0.2) is 5.78 Å². The first-order chi connectivity index (χ1) is 12.8. The number of hydrogen-bond donors (Lipinski definition) is 1. The number of aromatic nitrogens is 1. The third-order valence-corrected chi connectivity index (χ3v) is 5.47. The Kier molecular flexibility index (Phi) is 5.61. The van der Waals surface area contributed by atoms with Crippen LogP contribution in [-0.4, -0.2) is 21.9 Å². The first-order valence-corrected chi connectivity index (χ1v) is 9.68. The fourth-order valence-electron chi connectivity index (χ4n) is 2.86. The van der Waals surface area contributed by atoms with Gasteiger partial charge in [-0.1, -0.05) is 30.0 Å². The van der Waals surface area contributed by atoms with Gasteiger partial charge in [-0.25, -0.2) is 4.98 Å². The number of fused-ring (bicyclic) bond motifs is 1. The van der Waals surface area contributed by atoms with Crippen molar-refractivity contribution >= 4 is 40.0 Å². The molecule has 0 spiro atoms. The quantitative estimate of drug-likeness (QED) is 0.491. The summed E-state index contributed by atoms with van der Waals surface area (Å²) in [6.45, 7) is 7.49. The van der Waals surface area contributed by atoms with E-state index >= 15 is 0 Å². The van der Waals surface area contributed by atoms with Crippen LogP contribution in [0.1, 0.15) is 35.3 Å². The van der Waals surface area contributed by atoms with Gasteiger partial charge in [0.25, 0.3) is 0 Å². The summed E-state index contributed by atoms with van der Waals surface area (Å²) in [5, 5.41) is 4.57. The molecule has 1 atom stereocenters. The van der Waals surface area contributed by atoms with Gasteiger partial charge >= 0.3 is 0 Å². The third-order valence-electron chi connectivity index (χ3n) is 4.45. The van der Waals surface area contributed by atoms with Gasteiger partial charge in [-0.2, -0.15) is 0 Å². The zero-order valence-electron chi connectivity index (χ0n) is 15.9. The summed E-state index contributed by atoms with van der Waals surface area (Å²) >= 11 is 1.44. The van der Waals surface area contributed by atoms with Crippen molar-refractivity contribution in [2.45, 2.75) is 38.0 Å². The van der Waals surface area contributed by atoms with Gasteiger partial charge in [-0.15, -0.1) is 0 Å². The Balaban J connectivity index is 1.73. The highest BCUT2D eigenvalue weighted by molar-refractivity contribution is 8.00. The number of Topliss-reactive ketones (excluding diaryl/α,β-unsaturated/α-hetero) is 1. The Morgan fingerprint density at radius 1 is 1.04 bits per heavy atom. The van der Waals surface area contributed by atoms with Crippen molar-refractivity contribution in [3.8, 4) is 0 Å². The number of benzene rings is 2. The fraction of sp³-hybridized carbons (Fsp3) is 0.227. The predicted molar refractivity (Wildman–Crippen MR) is 112 cm³/mol. The summed E-state index contributed by atoms with van der Waals surface area (Å²) in [6, 6.07) is 15.1. The van der Waals surface area contributed by atoms with Crippen molar-refractivity contribution in [3.05, 3.63) is 65.2 Å². The second-order valence-corrected chi connectivity index (χ2v) is 7.99. The number of anilines is 1. The Morgan fingerprint density at radius 2 is 1.74 bits per heavy atom. The lowest BCUT2D eigenvalue weighted by atomic mass is 10.1. The molecule has 27 heavy (non-hydrogen) atoms. The number of nitrogens with one attached hydrogen (secondary N) is 1. The Morgan fingerprint density at radius 3 is 2.41 bits per heavy atom. The minimum absolute atomic E-state index is 0.00448. The van der Waals surface area contributed by atoms with Gasteiger partial charge < -0.3 is 5.32 Å². The molecule has 2 aromatic carbocycles. The number of thioether (sulfide) groups is 1. The fourth-order valence-corrected chi connectivity index (χ4v) is 3.78. The minimum Gasteiger partial charge on any atom is -0.325 e. The summed E-state index contributed by atoms with van der Waals surface area (Å²) in [7, 11) is 0. The highest BCUT2D eigenvalue weighted by Crippen LogP contribution is 2.28. The topological polar surface area (TPSA) is 59.1 Å². The zero-order valence-corrected chi connectivity index (χ0v) is 16.7. The average molecular weight is 378 g/mol. The number of nitrogens with zero attached hydrogens (tertiary/aromatic N) is 1. The van der Waals surface area contributed by atoms with Crippen molar-refractivity contribution < 1.29 is 9.59 Å². The molecule has 0 aliphatic rings. The standard InChI is InChI=1S/C22H22N2O2S/c1-13-6-5-7-19-14(2)12-20(24-21(13)19)27-16(4)22(26)23-18-10-8-17(9-11-18)15(3)25/h5-12,16H,1-4H3,(H,23,26). The lowest BCUT2D eigenvalue weighted by Gasteiger charge is -2.13. The lowest BCUT2D eigenvalue weighted by Crippen LogP contribution is -2.22. The molecule has 1 N–H and O–H groups in total. The average Bonchev–Trinajstić information content (AvgIpc) is 2.63. The maximum Gasteiger partial charge on any atom is 0.237 e. The lowest BCUT2D eigenvalue weighted by molar-refractivity contribution is -0.115. The van der Waals surface area contributed by atoms with Crippen LogP contribution in [-0.2, 0) is 4.79 Å². The summed E-state index contributed by atoms with van der Waals surface area (Å²) in [5.41, 5.74) is 4.56. The van der Waals surface area contributed by atoms with Gasteiger partial charge in [0.1, 0.15) is 0 Å². The van der Waals surface area contributed by atoms with Gasteiger partial charge in [-0.3, -0.25) is 9.59 Å². The Bertz CT molecular complexity index is 1010. The summed E-state index contributed by atoms with van der Waals surface area (Å²) in [6.07, 6.45) is 0. The third kappa shape index (κ3) is 4.37. The summed E-state index contributed by atoms with van der Waals surface area (Å²) < 4.78 is 0. The van der Waals surface area contributed by atoms with Crippen LogP contribution in [0, 0.1) is 13.8 Å². The van der Waals surface area contributed by atoms with Crippen LogP contribution in [0.15, 0.2) is 53.6 Å². The first kappa shape index (κ1) is 19.1. The van der Waals surface area contributed by atoms with Crippen LogP contribution in [0.2, 0.25) is 0 Å². The number of pyridine rings is 1. The molecular weight excluding hydrogens is 356 g/mol. The van der Waals surface area contributed by atoms with E-state index in [2.05, 4.69) is 18.3 Å². The molecule has 1 heterocycles. The van der Waals surface area contributed by atoms with E-state index in [9.17, 15) is 9.59 Å². The number of carbonyl (C=O) groups is 2. The maximum atomic E-state index is 12.5. The van der Waals surface area contributed by atoms with Crippen molar-refractivity contribution in [1.82, 2.24) is 4.98 Å². The molecule has 0 aliphatic carbocycles. The largest absolute Gasteiger partial charge is 0.325 e. The summed E-state index contributed by atoms with van der Waals surface area (Å²) in [5.74, 6) is -0.0928. The minimum atomic E-state index is -0.300. The molecule has 0 saturated heterocycles. The van der Waals surface area contributed by atoms with E-state index < -0.39 is 0 Å². The molecule has 1 unspecified atom stereocenters. The second kappa shape index (κ2) is 7.92. The molecule has 138 valence electrons. The molecule has 0 fully saturated rings. The van der Waals surface area contributed by atoms with E-state index in [1.54, 1.807) is 24.3 Å². The highest BCUT2D eigenvalue weighted by atomic mass is 32.2. The molecule has 0 aliphatic heterocycles. The normalized spacial score (nSPS) is 12.0. The number of ketones is 1. The maximum absolute atomic E-state index is 12.5. The molecule has 3 aromatic rings. The molecule has 0 radical (unpaired) electrons. The molecule has 1 aromatic heterocycles. The van der Waals surface area contributed by atoms with Crippen LogP contribution in [0.3, 0.4) is 0 Å². The van der Waals surface area contributed by atoms with Crippen LogP contribution < -0.4 is 5.32 Å². The molecule has 3 rings (SSSR count). The Hall–Kier alpha value is -2.66. The second-order valence-electron chi connectivity index (χ2n) is 6.63. The molecule has 1 amide bonds. The van der Waals surface area contributed by atoms with Crippen molar-refractivity contribution in [3.63, 3.8) is 0 Å². The van der Waals surface area contributed by atoms with E-state index in [0.717, 1.165) is 27.1 Å². The van der Waals surface area contributed by atoms with Crippen LogP contribution in [0.5, 0.6) is 0 Å². The monoisotopic (exact) mass is 378 g/mol. The van der Waals surface area contributed by atoms with Gasteiger partial charge in [0.05, 0.1) is 15.8 Å². The number of carbonyl (C=O) groups excluding carboxylic acids is 2. The number of aryl methyl sites for hydroxylation is 2. The number of rotatable bonds is 5. The van der Waals surface area contributed by atoms with E-state index in [-0.39, 0.29) is 16.9 Å². The molecule has 0 saturated carbocycles. The van der Waals surface area contributed by atoms with Crippen LogP contribution >= 0.6 is 11.8 Å².